The maximum Gasteiger partial charge on any atom is 0.164 e. The van der Waals surface area contributed by atoms with Gasteiger partial charge in [0.25, 0.3) is 0 Å². The van der Waals surface area contributed by atoms with E-state index in [4.69, 9.17) is 19.4 Å². The van der Waals surface area contributed by atoms with Crippen molar-refractivity contribution in [2.75, 3.05) is 0 Å². The molecule has 304 valence electrons. The highest BCUT2D eigenvalue weighted by Crippen LogP contribution is 2.42. The van der Waals surface area contributed by atoms with Gasteiger partial charge in [-0.3, -0.25) is 0 Å². The van der Waals surface area contributed by atoms with Gasteiger partial charge in [0.15, 0.2) is 17.5 Å². The Bertz CT molecular complexity index is 3690. The molecule has 4 nitrogen and oxygen atoms in total. The van der Waals surface area contributed by atoms with Crippen LogP contribution in [-0.4, -0.2) is 15.0 Å². The van der Waals surface area contributed by atoms with Crippen molar-refractivity contribution in [2.45, 2.75) is 0 Å². The van der Waals surface area contributed by atoms with Crippen LogP contribution in [0, 0.1) is 0 Å². The van der Waals surface area contributed by atoms with Gasteiger partial charge in [-0.1, -0.05) is 212 Å². The molecule has 0 aliphatic carbocycles. The Hall–Kier alpha value is -8.73. The van der Waals surface area contributed by atoms with Crippen molar-refractivity contribution >= 4 is 32.7 Å². The largest absolute Gasteiger partial charge is 0.455 e. The van der Waals surface area contributed by atoms with Crippen LogP contribution >= 0.6 is 0 Å². The minimum atomic E-state index is 0.576. The third-order valence-electron chi connectivity index (χ3n) is 12.4. The van der Waals surface area contributed by atoms with Crippen molar-refractivity contribution in [3.63, 3.8) is 0 Å². The molecule has 0 radical (unpaired) electrons. The maximum atomic E-state index is 6.80. The highest BCUT2D eigenvalue weighted by Gasteiger charge is 2.21. The molecular weight excluding hydrogens is 791 g/mol. The summed E-state index contributed by atoms with van der Waals surface area (Å²) in [6.07, 6.45) is 0. The van der Waals surface area contributed by atoms with E-state index in [-0.39, 0.29) is 0 Å². The van der Waals surface area contributed by atoms with E-state index >= 15 is 0 Å². The second kappa shape index (κ2) is 16.2. The topological polar surface area (TPSA) is 51.8 Å². The smallest absolute Gasteiger partial charge is 0.164 e. The summed E-state index contributed by atoms with van der Waals surface area (Å²) in [4.78, 5) is 15.9. The normalized spacial score (nSPS) is 11.4. The number of aromatic nitrogens is 3. The molecule has 2 aromatic heterocycles. The number of rotatable bonds is 8. The molecule has 0 aliphatic rings. The van der Waals surface area contributed by atoms with Gasteiger partial charge in [0.05, 0.1) is 0 Å². The molecule has 0 amide bonds. The van der Waals surface area contributed by atoms with Crippen LogP contribution in [0.15, 0.2) is 241 Å². The van der Waals surface area contributed by atoms with Crippen molar-refractivity contribution in [1.29, 1.82) is 0 Å². The quantitative estimate of drug-likeness (QED) is 0.153. The van der Waals surface area contributed by atoms with Gasteiger partial charge in [-0.2, -0.15) is 0 Å². The van der Waals surface area contributed by atoms with Gasteiger partial charge in [-0.25, -0.2) is 15.0 Å². The van der Waals surface area contributed by atoms with Gasteiger partial charge in [0, 0.05) is 33.0 Å². The summed E-state index contributed by atoms with van der Waals surface area (Å²) in [5, 5.41) is 4.15. The first-order valence-electron chi connectivity index (χ1n) is 21.9. The predicted molar refractivity (Wildman–Crippen MR) is 268 cm³/mol. The average molecular weight is 830 g/mol. The molecule has 10 aromatic carbocycles. The molecule has 0 N–H and O–H groups in total. The Morgan fingerprint density at radius 2 is 0.708 bits per heavy atom. The van der Waals surface area contributed by atoms with Crippen molar-refractivity contribution in [3.05, 3.63) is 237 Å². The second-order valence-electron chi connectivity index (χ2n) is 16.3. The van der Waals surface area contributed by atoms with E-state index in [0.29, 0.717) is 17.5 Å². The van der Waals surface area contributed by atoms with E-state index in [1.807, 2.05) is 30.3 Å². The Balaban J connectivity index is 1.01. The van der Waals surface area contributed by atoms with E-state index < -0.39 is 0 Å². The molecule has 0 saturated heterocycles. The number of hydrogen-bond donors (Lipinski definition) is 0. The number of nitrogens with zero attached hydrogens (tertiary/aromatic N) is 3. The minimum absolute atomic E-state index is 0.576. The summed E-state index contributed by atoms with van der Waals surface area (Å²) in [5.41, 5.74) is 15.7. The molecule has 12 aromatic rings. The Labute approximate surface area is 376 Å². The van der Waals surface area contributed by atoms with Gasteiger partial charge < -0.3 is 4.42 Å². The van der Waals surface area contributed by atoms with Crippen LogP contribution in [0.1, 0.15) is 0 Å². The molecule has 0 atom stereocenters. The van der Waals surface area contributed by atoms with E-state index in [2.05, 4.69) is 206 Å². The summed E-state index contributed by atoms with van der Waals surface area (Å²) < 4.78 is 6.80. The molecule has 2 heterocycles. The van der Waals surface area contributed by atoms with E-state index in [0.717, 1.165) is 82.8 Å². The lowest BCUT2D eigenvalue weighted by atomic mass is 9.97. The van der Waals surface area contributed by atoms with Crippen LogP contribution in [-0.2, 0) is 0 Å². The Kier molecular flexibility index (Phi) is 9.46. The van der Waals surface area contributed by atoms with E-state index in [1.165, 1.54) is 22.3 Å². The highest BCUT2D eigenvalue weighted by molar-refractivity contribution is 6.15. The molecule has 0 fully saturated rings. The number of furan rings is 1. The average Bonchev–Trinajstić information content (AvgIpc) is 3.78. The van der Waals surface area contributed by atoms with Crippen LogP contribution in [0.25, 0.3) is 123 Å². The van der Waals surface area contributed by atoms with Crippen LogP contribution < -0.4 is 0 Å². The third kappa shape index (κ3) is 7.13. The SMILES string of the molecule is c1ccc(-c2cccc(-c3ccc(-c4nc(-c5cccc6cc(-c7ccccc7)ccc56)nc(-c5cccc6oc7c(-c8cccc(-c9ccccc9)c8)cccc7c56)n4)cc3)c2)cc1. The maximum absolute atomic E-state index is 6.80. The van der Waals surface area contributed by atoms with Crippen LogP contribution in [0.5, 0.6) is 0 Å². The molecule has 0 saturated carbocycles. The summed E-state index contributed by atoms with van der Waals surface area (Å²) in [6, 6.07) is 82.9. The fourth-order valence-electron chi connectivity index (χ4n) is 9.11. The van der Waals surface area contributed by atoms with Gasteiger partial charge in [0.2, 0.25) is 0 Å². The van der Waals surface area contributed by atoms with Gasteiger partial charge in [-0.15, -0.1) is 0 Å². The standard InChI is InChI=1S/C61H39N3O/c1-4-15-40(16-5-1)45-21-10-22-46(37-45)43-31-33-44(34-32-43)59-62-60(53-27-12-25-49-39-48(35-36-51(49)53)42-19-8-3-9-20-42)64-61(63-59)55-29-14-30-56-57(55)54-28-13-26-52(58(54)65-56)50-24-11-23-47(38-50)41-17-6-2-7-18-41/h1-39H. The molecule has 0 bridgehead atoms. The van der Waals surface area contributed by atoms with Crippen LogP contribution in [0.4, 0.5) is 0 Å². The first-order valence-corrected chi connectivity index (χ1v) is 21.9. The monoisotopic (exact) mass is 829 g/mol. The minimum Gasteiger partial charge on any atom is -0.455 e. The zero-order chi connectivity index (χ0) is 43.1. The van der Waals surface area contributed by atoms with Crippen molar-refractivity contribution in [3.8, 4) is 89.8 Å². The lowest BCUT2D eigenvalue weighted by Gasteiger charge is -2.12. The first-order chi connectivity index (χ1) is 32.2. The van der Waals surface area contributed by atoms with Crippen molar-refractivity contribution < 1.29 is 4.42 Å². The van der Waals surface area contributed by atoms with E-state index in [9.17, 15) is 0 Å². The van der Waals surface area contributed by atoms with Crippen LogP contribution in [0.2, 0.25) is 0 Å². The summed E-state index contributed by atoms with van der Waals surface area (Å²) in [5.74, 6) is 1.77. The predicted octanol–water partition coefficient (Wildman–Crippen LogP) is 16.3. The second-order valence-corrected chi connectivity index (χ2v) is 16.3. The Morgan fingerprint density at radius 1 is 0.262 bits per heavy atom. The lowest BCUT2D eigenvalue weighted by molar-refractivity contribution is 0.670. The lowest BCUT2D eigenvalue weighted by Crippen LogP contribution is -2.01. The summed E-state index contributed by atoms with van der Waals surface area (Å²) in [6.45, 7) is 0. The molecular formula is C61H39N3O. The highest BCUT2D eigenvalue weighted by atomic mass is 16.3. The molecule has 12 rings (SSSR count). The van der Waals surface area contributed by atoms with Crippen molar-refractivity contribution in [2.24, 2.45) is 0 Å². The number of hydrogen-bond acceptors (Lipinski definition) is 4. The number of fused-ring (bicyclic) bond motifs is 4. The fourth-order valence-corrected chi connectivity index (χ4v) is 9.11. The zero-order valence-corrected chi connectivity index (χ0v) is 35.3. The third-order valence-corrected chi connectivity index (χ3v) is 12.4. The molecule has 4 heteroatoms. The van der Waals surface area contributed by atoms with E-state index in [1.54, 1.807) is 0 Å². The summed E-state index contributed by atoms with van der Waals surface area (Å²) >= 11 is 0. The van der Waals surface area contributed by atoms with Crippen LogP contribution in [0.3, 0.4) is 0 Å². The molecule has 0 aliphatic heterocycles. The zero-order valence-electron chi connectivity index (χ0n) is 35.3. The van der Waals surface area contributed by atoms with Gasteiger partial charge >= 0.3 is 0 Å². The van der Waals surface area contributed by atoms with Gasteiger partial charge in [0.1, 0.15) is 11.2 Å². The van der Waals surface area contributed by atoms with Gasteiger partial charge in [-0.05, 0) is 85.1 Å². The number of benzene rings is 10. The molecule has 0 unspecified atom stereocenters. The van der Waals surface area contributed by atoms with Crippen molar-refractivity contribution in [1.82, 2.24) is 15.0 Å². The Morgan fingerprint density at radius 3 is 1.37 bits per heavy atom. The molecule has 65 heavy (non-hydrogen) atoms. The fraction of sp³-hybridized carbons (Fsp3) is 0. The first kappa shape index (κ1) is 38.0. The summed E-state index contributed by atoms with van der Waals surface area (Å²) in [7, 11) is 0. The molecule has 0 spiro atoms. The number of para-hydroxylation sites is 1.